The van der Waals surface area contributed by atoms with Crippen molar-refractivity contribution in [2.75, 3.05) is 12.3 Å². The number of carbonyl (C=O) groups is 1. The van der Waals surface area contributed by atoms with Crippen molar-refractivity contribution in [2.45, 2.75) is 5.03 Å². The zero-order valence-corrected chi connectivity index (χ0v) is 11.9. The number of nitro groups is 1. The van der Waals surface area contributed by atoms with E-state index in [1.54, 1.807) is 18.0 Å². The molecule has 0 aliphatic rings. The molecule has 21 heavy (non-hydrogen) atoms. The lowest BCUT2D eigenvalue weighted by molar-refractivity contribution is -0.384. The van der Waals surface area contributed by atoms with Crippen LogP contribution in [0.1, 0.15) is 10.4 Å². The summed E-state index contributed by atoms with van der Waals surface area (Å²) in [5.41, 5.74) is 0.376. The molecule has 1 amide bonds. The molecule has 1 N–H and O–H groups in total. The van der Waals surface area contributed by atoms with E-state index >= 15 is 0 Å². The maximum atomic E-state index is 11.8. The van der Waals surface area contributed by atoms with E-state index in [0.717, 1.165) is 5.03 Å². The topological polar surface area (TPSA) is 85.1 Å². The highest BCUT2D eigenvalue weighted by Gasteiger charge is 2.08. The number of hydrogen-bond acceptors (Lipinski definition) is 5. The standard InChI is InChI=1S/C14H13N3O3S/c18-14(11-4-6-12(7-5-11)17(19)20)16-9-10-21-13-3-1-2-8-15-13/h1-8H,9-10H2,(H,16,18). The van der Waals surface area contributed by atoms with Gasteiger partial charge in [-0.3, -0.25) is 14.9 Å². The number of carbonyl (C=O) groups excluding carboxylic acids is 1. The number of thioether (sulfide) groups is 1. The Balaban J connectivity index is 1.78. The van der Waals surface area contributed by atoms with Gasteiger partial charge in [-0.25, -0.2) is 4.98 Å². The molecule has 1 aromatic carbocycles. The van der Waals surface area contributed by atoms with E-state index in [2.05, 4.69) is 10.3 Å². The lowest BCUT2D eigenvalue weighted by Crippen LogP contribution is -2.25. The summed E-state index contributed by atoms with van der Waals surface area (Å²) in [5, 5.41) is 14.2. The number of nitrogens with zero attached hydrogens (tertiary/aromatic N) is 2. The Labute approximate surface area is 125 Å². The molecule has 2 aromatic rings. The highest BCUT2D eigenvalue weighted by molar-refractivity contribution is 7.99. The third-order valence-electron chi connectivity index (χ3n) is 2.62. The normalized spacial score (nSPS) is 10.1. The van der Waals surface area contributed by atoms with Gasteiger partial charge in [-0.1, -0.05) is 6.07 Å². The average molecular weight is 303 g/mol. The Morgan fingerprint density at radius 1 is 1.24 bits per heavy atom. The first-order valence-electron chi connectivity index (χ1n) is 6.23. The van der Waals surface area contributed by atoms with Crippen LogP contribution in [-0.4, -0.2) is 28.1 Å². The molecule has 0 bridgehead atoms. The molecule has 0 fully saturated rings. The second kappa shape index (κ2) is 7.39. The second-order valence-electron chi connectivity index (χ2n) is 4.08. The molecule has 0 atom stereocenters. The summed E-state index contributed by atoms with van der Waals surface area (Å²) in [5.74, 6) is 0.460. The summed E-state index contributed by atoms with van der Waals surface area (Å²) in [6.45, 7) is 0.497. The van der Waals surface area contributed by atoms with Crippen LogP contribution in [0.25, 0.3) is 0 Å². The summed E-state index contributed by atoms with van der Waals surface area (Å²) < 4.78 is 0. The largest absolute Gasteiger partial charge is 0.351 e. The van der Waals surface area contributed by atoms with Crippen LogP contribution in [0.5, 0.6) is 0 Å². The zero-order valence-electron chi connectivity index (χ0n) is 11.1. The lowest BCUT2D eigenvalue weighted by Gasteiger charge is -2.04. The first-order chi connectivity index (χ1) is 10.2. The van der Waals surface area contributed by atoms with Gasteiger partial charge in [-0.2, -0.15) is 0 Å². The summed E-state index contributed by atoms with van der Waals surface area (Å²) in [6, 6.07) is 11.2. The van der Waals surface area contributed by atoms with Crippen LogP contribution in [0.15, 0.2) is 53.7 Å². The number of benzene rings is 1. The van der Waals surface area contributed by atoms with E-state index in [-0.39, 0.29) is 11.6 Å². The van der Waals surface area contributed by atoms with Crippen LogP contribution >= 0.6 is 11.8 Å². The van der Waals surface area contributed by atoms with Gasteiger partial charge >= 0.3 is 0 Å². The maximum Gasteiger partial charge on any atom is 0.269 e. The van der Waals surface area contributed by atoms with E-state index < -0.39 is 4.92 Å². The van der Waals surface area contributed by atoms with E-state index in [4.69, 9.17) is 0 Å². The summed E-state index contributed by atoms with van der Waals surface area (Å²) in [7, 11) is 0. The van der Waals surface area contributed by atoms with Crippen LogP contribution in [0.4, 0.5) is 5.69 Å². The van der Waals surface area contributed by atoms with Crippen molar-refractivity contribution >= 4 is 23.4 Å². The van der Waals surface area contributed by atoms with Crippen LogP contribution in [0.2, 0.25) is 0 Å². The minimum atomic E-state index is -0.495. The predicted octanol–water partition coefficient (Wildman–Crippen LogP) is 2.51. The van der Waals surface area contributed by atoms with Crippen molar-refractivity contribution in [3.8, 4) is 0 Å². The van der Waals surface area contributed by atoms with Crippen molar-refractivity contribution in [3.63, 3.8) is 0 Å². The van der Waals surface area contributed by atoms with Crippen LogP contribution in [0.3, 0.4) is 0 Å². The van der Waals surface area contributed by atoms with Gasteiger partial charge in [0.25, 0.3) is 11.6 Å². The number of pyridine rings is 1. The molecule has 0 aliphatic carbocycles. The molecule has 108 valence electrons. The Morgan fingerprint density at radius 3 is 2.62 bits per heavy atom. The van der Waals surface area contributed by atoms with Crippen molar-refractivity contribution in [3.05, 3.63) is 64.3 Å². The molecular weight excluding hydrogens is 290 g/mol. The van der Waals surface area contributed by atoms with Gasteiger partial charge in [0.05, 0.1) is 9.95 Å². The van der Waals surface area contributed by atoms with Crippen molar-refractivity contribution < 1.29 is 9.72 Å². The molecule has 1 heterocycles. The minimum absolute atomic E-state index is 0.0303. The molecule has 0 saturated heterocycles. The number of aromatic nitrogens is 1. The first-order valence-corrected chi connectivity index (χ1v) is 7.22. The molecule has 0 saturated carbocycles. The highest BCUT2D eigenvalue weighted by Crippen LogP contribution is 2.13. The van der Waals surface area contributed by atoms with Gasteiger partial charge in [0.2, 0.25) is 0 Å². The first kappa shape index (κ1) is 15.0. The highest BCUT2D eigenvalue weighted by atomic mass is 32.2. The van der Waals surface area contributed by atoms with Crippen LogP contribution in [-0.2, 0) is 0 Å². The maximum absolute atomic E-state index is 11.8. The molecule has 0 aliphatic heterocycles. The Bertz CT molecular complexity index is 617. The number of hydrogen-bond donors (Lipinski definition) is 1. The summed E-state index contributed by atoms with van der Waals surface area (Å²) in [4.78, 5) is 26.0. The number of rotatable bonds is 6. The van der Waals surface area contributed by atoms with E-state index in [0.29, 0.717) is 17.9 Å². The summed E-state index contributed by atoms with van der Waals surface area (Å²) >= 11 is 1.55. The van der Waals surface area contributed by atoms with Crippen molar-refractivity contribution in [1.29, 1.82) is 0 Å². The number of non-ortho nitro benzene ring substituents is 1. The molecule has 0 radical (unpaired) electrons. The number of amides is 1. The number of nitro benzene ring substituents is 1. The molecule has 2 rings (SSSR count). The molecule has 6 nitrogen and oxygen atoms in total. The SMILES string of the molecule is O=C(NCCSc1ccccn1)c1ccc([N+](=O)[O-])cc1. The molecule has 1 aromatic heterocycles. The predicted molar refractivity (Wildman–Crippen MR) is 80.4 cm³/mol. The van der Waals surface area contributed by atoms with Gasteiger partial charge in [0, 0.05) is 36.2 Å². The van der Waals surface area contributed by atoms with Crippen molar-refractivity contribution in [2.24, 2.45) is 0 Å². The second-order valence-corrected chi connectivity index (χ2v) is 5.19. The summed E-state index contributed by atoms with van der Waals surface area (Å²) in [6.07, 6.45) is 1.72. The van der Waals surface area contributed by atoms with Crippen LogP contribution < -0.4 is 5.32 Å². The van der Waals surface area contributed by atoms with E-state index in [1.165, 1.54) is 24.3 Å². The van der Waals surface area contributed by atoms with Gasteiger partial charge in [-0.05, 0) is 24.3 Å². The van der Waals surface area contributed by atoms with E-state index in [1.807, 2.05) is 18.2 Å². The smallest absolute Gasteiger partial charge is 0.269 e. The van der Waals surface area contributed by atoms with Gasteiger partial charge in [0.1, 0.15) is 0 Å². The number of nitrogens with one attached hydrogen (secondary N) is 1. The third kappa shape index (κ3) is 4.57. The minimum Gasteiger partial charge on any atom is -0.351 e. The molecular formula is C14H13N3O3S. The third-order valence-corrected chi connectivity index (χ3v) is 3.56. The zero-order chi connectivity index (χ0) is 15.1. The Morgan fingerprint density at radius 2 is 2.00 bits per heavy atom. The Kier molecular flexibility index (Phi) is 5.28. The monoisotopic (exact) mass is 303 g/mol. The average Bonchev–Trinajstić information content (AvgIpc) is 2.52. The van der Waals surface area contributed by atoms with Crippen LogP contribution in [0, 0.1) is 10.1 Å². The fraction of sp³-hybridized carbons (Fsp3) is 0.143. The molecule has 0 spiro atoms. The lowest BCUT2D eigenvalue weighted by atomic mass is 10.2. The van der Waals surface area contributed by atoms with Crippen molar-refractivity contribution in [1.82, 2.24) is 10.3 Å². The Hall–Kier alpha value is -2.41. The fourth-order valence-corrected chi connectivity index (χ4v) is 2.31. The quantitative estimate of drug-likeness (QED) is 0.383. The van der Waals surface area contributed by atoms with E-state index in [9.17, 15) is 14.9 Å². The van der Waals surface area contributed by atoms with Gasteiger partial charge < -0.3 is 5.32 Å². The fourth-order valence-electron chi connectivity index (χ4n) is 1.59. The molecule has 0 unspecified atom stereocenters. The van der Waals surface area contributed by atoms with Gasteiger partial charge in [0.15, 0.2) is 0 Å². The molecule has 7 heteroatoms. The van der Waals surface area contributed by atoms with Gasteiger partial charge in [-0.15, -0.1) is 11.8 Å².